The second-order valence-corrected chi connectivity index (χ2v) is 7.61. The molecule has 0 bridgehead atoms. The lowest BCUT2D eigenvalue weighted by atomic mass is 9.92. The van der Waals surface area contributed by atoms with Crippen LogP contribution < -0.4 is 5.32 Å². The molecule has 1 atom stereocenters. The Hall–Kier alpha value is 0.200. The number of hydrogen-bond donors (Lipinski definition) is 1. The maximum atomic E-state index is 6.26. The first-order valence-corrected chi connectivity index (χ1v) is 8.52. The Morgan fingerprint density at radius 2 is 2.11 bits per heavy atom. The molecule has 0 saturated carbocycles. The van der Waals surface area contributed by atoms with Gasteiger partial charge in [0, 0.05) is 11.6 Å². The molecule has 0 spiro atoms. The number of nitrogens with one attached hydrogen (secondary N) is 1. The Labute approximate surface area is 130 Å². The van der Waals surface area contributed by atoms with Crippen molar-refractivity contribution in [3.63, 3.8) is 0 Å². The van der Waals surface area contributed by atoms with Crippen LogP contribution in [0.5, 0.6) is 0 Å². The molecule has 0 amide bonds. The fraction of sp³-hybridized carbons (Fsp3) is 0.714. The molecule has 1 saturated heterocycles. The van der Waals surface area contributed by atoms with Gasteiger partial charge in [-0.1, -0.05) is 23.2 Å². The quantitative estimate of drug-likeness (QED) is 0.862. The summed E-state index contributed by atoms with van der Waals surface area (Å²) in [6.07, 6.45) is 3.88. The monoisotopic (exact) mass is 320 g/mol. The molecule has 1 aliphatic heterocycles. The van der Waals surface area contributed by atoms with Gasteiger partial charge in [-0.25, -0.2) is 0 Å². The molecule has 2 heterocycles. The average Bonchev–Trinajstić information content (AvgIpc) is 2.75. The molecule has 0 aromatic carbocycles. The van der Waals surface area contributed by atoms with Crippen LogP contribution in [0.15, 0.2) is 6.07 Å². The van der Waals surface area contributed by atoms with Crippen LogP contribution in [-0.2, 0) is 0 Å². The lowest BCUT2D eigenvalue weighted by Gasteiger charge is -2.36. The third-order valence-electron chi connectivity index (χ3n) is 4.13. The van der Waals surface area contributed by atoms with Crippen molar-refractivity contribution in [2.75, 3.05) is 26.7 Å². The second kappa shape index (κ2) is 7.28. The van der Waals surface area contributed by atoms with Gasteiger partial charge in [0.05, 0.1) is 8.67 Å². The van der Waals surface area contributed by atoms with Gasteiger partial charge in [0.15, 0.2) is 0 Å². The van der Waals surface area contributed by atoms with Crippen molar-refractivity contribution in [2.45, 2.75) is 32.2 Å². The van der Waals surface area contributed by atoms with Crippen LogP contribution in [-0.4, -0.2) is 31.6 Å². The van der Waals surface area contributed by atoms with Crippen LogP contribution in [0.3, 0.4) is 0 Å². The SMILES string of the molecule is CNCCC1CCN(C(C)c2cc(Cl)sc2Cl)CC1. The van der Waals surface area contributed by atoms with Crippen molar-refractivity contribution in [2.24, 2.45) is 5.92 Å². The normalized spacial score (nSPS) is 19.8. The van der Waals surface area contributed by atoms with E-state index in [0.717, 1.165) is 21.1 Å². The van der Waals surface area contributed by atoms with Crippen LogP contribution in [0.25, 0.3) is 0 Å². The lowest BCUT2D eigenvalue weighted by Crippen LogP contribution is -2.36. The molecule has 1 aliphatic rings. The summed E-state index contributed by atoms with van der Waals surface area (Å²) < 4.78 is 1.63. The maximum Gasteiger partial charge on any atom is 0.0991 e. The Bertz CT molecular complexity index is 400. The van der Waals surface area contributed by atoms with Gasteiger partial charge in [-0.05, 0) is 64.9 Å². The average molecular weight is 321 g/mol. The van der Waals surface area contributed by atoms with E-state index in [1.54, 1.807) is 0 Å². The van der Waals surface area contributed by atoms with Crippen LogP contribution in [0.1, 0.15) is 37.8 Å². The molecule has 1 N–H and O–H groups in total. The minimum atomic E-state index is 0.376. The lowest BCUT2D eigenvalue weighted by molar-refractivity contribution is 0.138. The van der Waals surface area contributed by atoms with Gasteiger partial charge < -0.3 is 5.32 Å². The topological polar surface area (TPSA) is 15.3 Å². The number of nitrogens with zero attached hydrogens (tertiary/aromatic N) is 1. The van der Waals surface area contributed by atoms with E-state index >= 15 is 0 Å². The van der Waals surface area contributed by atoms with Crippen molar-refractivity contribution in [3.05, 3.63) is 20.3 Å². The predicted molar refractivity (Wildman–Crippen MR) is 85.6 cm³/mol. The molecule has 0 radical (unpaired) electrons. The molecule has 1 fully saturated rings. The highest BCUT2D eigenvalue weighted by molar-refractivity contribution is 7.20. The largest absolute Gasteiger partial charge is 0.320 e. The maximum absolute atomic E-state index is 6.26. The van der Waals surface area contributed by atoms with Crippen molar-refractivity contribution in [1.29, 1.82) is 0 Å². The standard InChI is InChI=1S/C14H22Cl2N2S/c1-10(12-9-13(15)19-14(12)16)18-7-4-11(5-8-18)3-6-17-2/h9-11,17H,3-8H2,1-2H3. The Kier molecular flexibility index (Phi) is 5.97. The van der Waals surface area contributed by atoms with Crippen molar-refractivity contribution in [1.82, 2.24) is 10.2 Å². The fourth-order valence-corrected chi connectivity index (χ4v) is 4.45. The summed E-state index contributed by atoms with van der Waals surface area (Å²) in [6.45, 7) is 5.70. The summed E-state index contributed by atoms with van der Waals surface area (Å²) >= 11 is 13.8. The van der Waals surface area contributed by atoms with Gasteiger partial charge in [0.2, 0.25) is 0 Å². The van der Waals surface area contributed by atoms with Gasteiger partial charge >= 0.3 is 0 Å². The van der Waals surface area contributed by atoms with Gasteiger partial charge in [0.25, 0.3) is 0 Å². The van der Waals surface area contributed by atoms with Gasteiger partial charge in [-0.2, -0.15) is 0 Å². The van der Waals surface area contributed by atoms with E-state index in [1.165, 1.54) is 49.3 Å². The summed E-state index contributed by atoms with van der Waals surface area (Å²) in [7, 11) is 2.03. The summed E-state index contributed by atoms with van der Waals surface area (Å²) in [5, 5.41) is 3.24. The van der Waals surface area contributed by atoms with Crippen molar-refractivity contribution < 1.29 is 0 Å². The molecule has 5 heteroatoms. The zero-order chi connectivity index (χ0) is 13.8. The van der Waals surface area contributed by atoms with Gasteiger partial charge in [-0.15, -0.1) is 11.3 Å². The molecule has 1 aromatic rings. The van der Waals surface area contributed by atoms with Crippen LogP contribution in [0, 0.1) is 5.92 Å². The van der Waals surface area contributed by atoms with Crippen molar-refractivity contribution in [3.8, 4) is 0 Å². The van der Waals surface area contributed by atoms with Gasteiger partial charge in [0.1, 0.15) is 0 Å². The molecular formula is C14H22Cl2N2S. The number of piperidine rings is 1. The number of halogens is 2. The summed E-state index contributed by atoms with van der Waals surface area (Å²) in [5.41, 5.74) is 1.19. The first-order chi connectivity index (χ1) is 9.11. The number of likely N-dealkylation sites (tertiary alicyclic amines) is 1. The summed E-state index contributed by atoms with van der Waals surface area (Å²) in [5.74, 6) is 0.873. The van der Waals surface area contributed by atoms with Crippen LogP contribution in [0.2, 0.25) is 8.67 Å². The molecule has 1 unspecified atom stereocenters. The molecule has 2 rings (SSSR count). The molecule has 19 heavy (non-hydrogen) atoms. The number of hydrogen-bond acceptors (Lipinski definition) is 3. The minimum absolute atomic E-state index is 0.376. The smallest absolute Gasteiger partial charge is 0.0991 e. The van der Waals surface area contributed by atoms with E-state index in [1.807, 2.05) is 13.1 Å². The van der Waals surface area contributed by atoms with E-state index < -0.39 is 0 Å². The highest BCUT2D eigenvalue weighted by Gasteiger charge is 2.25. The number of rotatable bonds is 5. The molecule has 2 nitrogen and oxygen atoms in total. The first-order valence-electron chi connectivity index (χ1n) is 6.95. The van der Waals surface area contributed by atoms with E-state index in [2.05, 4.69) is 17.1 Å². The van der Waals surface area contributed by atoms with Crippen LogP contribution in [0.4, 0.5) is 0 Å². The van der Waals surface area contributed by atoms with E-state index in [-0.39, 0.29) is 0 Å². The van der Waals surface area contributed by atoms with Crippen molar-refractivity contribution >= 4 is 34.5 Å². The Balaban J connectivity index is 1.89. The highest BCUT2D eigenvalue weighted by Crippen LogP contribution is 2.38. The molecule has 108 valence electrons. The molecular weight excluding hydrogens is 299 g/mol. The Morgan fingerprint density at radius 1 is 1.42 bits per heavy atom. The van der Waals surface area contributed by atoms with E-state index in [0.29, 0.717) is 6.04 Å². The third kappa shape index (κ3) is 4.08. The first kappa shape index (κ1) is 15.6. The zero-order valence-electron chi connectivity index (χ0n) is 11.6. The van der Waals surface area contributed by atoms with E-state index in [4.69, 9.17) is 23.2 Å². The molecule has 1 aromatic heterocycles. The van der Waals surface area contributed by atoms with Crippen LogP contribution >= 0.6 is 34.5 Å². The summed E-state index contributed by atoms with van der Waals surface area (Å²) in [6, 6.07) is 2.40. The fourth-order valence-electron chi connectivity index (χ4n) is 2.81. The third-order valence-corrected chi connectivity index (χ3v) is 5.65. The second-order valence-electron chi connectivity index (χ2n) is 5.33. The van der Waals surface area contributed by atoms with E-state index in [9.17, 15) is 0 Å². The van der Waals surface area contributed by atoms with Gasteiger partial charge in [-0.3, -0.25) is 4.90 Å². The minimum Gasteiger partial charge on any atom is -0.320 e. The highest BCUT2D eigenvalue weighted by atomic mass is 35.5. The predicted octanol–water partition coefficient (Wildman–Crippen LogP) is 4.44. The number of thiophene rings is 1. The molecule has 0 aliphatic carbocycles. The summed E-state index contributed by atoms with van der Waals surface area (Å²) in [4.78, 5) is 2.53. The Morgan fingerprint density at radius 3 is 2.63 bits per heavy atom. The zero-order valence-corrected chi connectivity index (χ0v) is 13.9.